The molecule has 2 atom stereocenters. The minimum Gasteiger partial charge on any atom is -0.493 e. The van der Waals surface area contributed by atoms with Crippen molar-refractivity contribution in [1.82, 2.24) is 14.5 Å². The number of anilines is 1. The number of hydrogen-bond acceptors (Lipinski definition) is 9. The Morgan fingerprint density at radius 3 is 2.50 bits per heavy atom. The van der Waals surface area contributed by atoms with E-state index in [9.17, 15) is 19.7 Å². The molecule has 2 unspecified atom stereocenters. The third-order valence-electron chi connectivity index (χ3n) is 8.42. The Hall–Kier alpha value is -5.30. The lowest BCUT2D eigenvalue weighted by Gasteiger charge is -2.16. The van der Waals surface area contributed by atoms with Crippen LogP contribution in [0.3, 0.4) is 0 Å². The molecule has 0 fully saturated rings. The lowest BCUT2D eigenvalue weighted by Crippen LogP contribution is -2.16. The van der Waals surface area contributed by atoms with Crippen LogP contribution >= 0.6 is 11.6 Å². The van der Waals surface area contributed by atoms with Gasteiger partial charge in [-0.15, -0.1) is 11.6 Å². The number of ketones is 1. The third-order valence-corrected chi connectivity index (χ3v) is 8.79. The Morgan fingerprint density at radius 2 is 1.85 bits per heavy atom. The first-order chi connectivity index (χ1) is 22.2. The van der Waals surface area contributed by atoms with E-state index in [1.807, 2.05) is 24.3 Å². The molecule has 238 valence electrons. The van der Waals surface area contributed by atoms with E-state index in [0.717, 1.165) is 21.9 Å². The maximum atomic E-state index is 14.2. The summed E-state index contributed by atoms with van der Waals surface area (Å²) in [6.07, 6.45) is 0.993. The van der Waals surface area contributed by atoms with Crippen molar-refractivity contribution < 1.29 is 33.5 Å². The molecule has 2 N–H and O–H groups in total. The largest absolute Gasteiger partial charge is 0.493 e. The van der Waals surface area contributed by atoms with Gasteiger partial charge in [-0.25, -0.2) is 9.36 Å². The quantitative estimate of drug-likeness (QED) is 0.0753. The average Bonchev–Trinajstić information content (AvgIpc) is 3.77. The zero-order valence-electron chi connectivity index (χ0n) is 25.4. The molecule has 1 aliphatic carbocycles. The van der Waals surface area contributed by atoms with Gasteiger partial charge in [0, 0.05) is 22.6 Å². The summed E-state index contributed by atoms with van der Waals surface area (Å²) in [4.78, 5) is 44.7. The Labute approximate surface area is 267 Å². The second-order valence-corrected chi connectivity index (χ2v) is 11.1. The van der Waals surface area contributed by atoms with Crippen LogP contribution in [0.15, 0.2) is 48.7 Å². The predicted molar refractivity (Wildman–Crippen MR) is 171 cm³/mol. The first-order valence-electron chi connectivity index (χ1n) is 14.3. The zero-order valence-corrected chi connectivity index (χ0v) is 26.1. The molecule has 5 aromatic rings. The number of Topliss-reactive ketones (excluding diaryl/α,β-unsaturated/α-hetero) is 1. The molecule has 1 amide bonds. The van der Waals surface area contributed by atoms with Gasteiger partial charge in [-0.3, -0.25) is 10.1 Å². The van der Waals surface area contributed by atoms with Gasteiger partial charge in [-0.2, -0.15) is 0 Å². The summed E-state index contributed by atoms with van der Waals surface area (Å²) >= 11 is 6.48. The van der Waals surface area contributed by atoms with E-state index in [2.05, 4.69) is 15.3 Å². The lowest BCUT2D eigenvalue weighted by atomic mass is 9.91. The van der Waals surface area contributed by atoms with E-state index in [4.69, 9.17) is 30.5 Å². The Bertz CT molecular complexity index is 2020. The summed E-state index contributed by atoms with van der Waals surface area (Å²) in [5, 5.41) is 16.3. The number of aromatic amines is 1. The molecule has 6 rings (SSSR count). The summed E-state index contributed by atoms with van der Waals surface area (Å²) in [5.41, 5.74) is 3.49. The van der Waals surface area contributed by atoms with Gasteiger partial charge in [0.15, 0.2) is 29.6 Å². The smallest absolute Gasteiger partial charge is 0.434 e. The van der Waals surface area contributed by atoms with Crippen LogP contribution in [0.5, 0.6) is 17.2 Å². The van der Waals surface area contributed by atoms with Crippen LogP contribution in [0.1, 0.15) is 45.6 Å². The SMILES string of the molecule is COc1cc2cc(C(=O)C3CC(CCl)c4c3cc(NC(=O)OCc3cnc([N+](=O)[O-])n3C)c3ccccc43)[nH]c2c(OC)c1OC. The molecule has 0 saturated heterocycles. The summed E-state index contributed by atoms with van der Waals surface area (Å²) < 4.78 is 23.2. The Kier molecular flexibility index (Phi) is 8.17. The molecule has 0 saturated carbocycles. The standard InChI is InChI=1S/C32H30ClN5O8/c1-37-18(14-34-31(37)38(41)42)15-46-32(40)36-23-12-21-22(9-17(13-33)26(21)20-8-6-5-7-19(20)23)28(39)24-10-16-11-25(43-2)29(44-3)30(45-4)27(16)35-24/h5-8,10-12,14,17,22,35H,9,13,15H2,1-4H3,(H,36,40). The van der Waals surface area contributed by atoms with E-state index in [0.29, 0.717) is 57.5 Å². The number of benzene rings is 3. The number of imidazole rings is 1. The molecule has 2 heterocycles. The van der Waals surface area contributed by atoms with E-state index in [1.54, 1.807) is 18.2 Å². The first kappa shape index (κ1) is 30.7. The summed E-state index contributed by atoms with van der Waals surface area (Å²) in [6, 6.07) is 12.9. The minimum absolute atomic E-state index is 0.101. The maximum Gasteiger partial charge on any atom is 0.434 e. The van der Waals surface area contributed by atoms with Gasteiger partial charge < -0.3 is 34.0 Å². The molecule has 0 bridgehead atoms. The number of fused-ring (bicyclic) bond motifs is 4. The Morgan fingerprint density at radius 1 is 1.11 bits per heavy atom. The number of carbonyl (C=O) groups is 2. The van der Waals surface area contributed by atoms with Gasteiger partial charge in [-0.05, 0) is 52.0 Å². The van der Waals surface area contributed by atoms with Gasteiger partial charge in [0.05, 0.1) is 45.3 Å². The summed E-state index contributed by atoms with van der Waals surface area (Å²) in [5.74, 6) is 0.427. The van der Waals surface area contributed by atoms with E-state index < -0.39 is 16.9 Å². The number of methoxy groups -OCH3 is 3. The van der Waals surface area contributed by atoms with Crippen molar-refractivity contribution in [3.8, 4) is 17.2 Å². The van der Waals surface area contributed by atoms with Crippen LogP contribution in [-0.4, -0.2) is 58.5 Å². The van der Waals surface area contributed by atoms with Crippen molar-refractivity contribution >= 4 is 56.8 Å². The van der Waals surface area contributed by atoms with Gasteiger partial charge in [0.2, 0.25) is 5.75 Å². The number of halogens is 1. The number of rotatable bonds is 10. The van der Waals surface area contributed by atoms with E-state index in [-0.39, 0.29) is 24.3 Å². The predicted octanol–water partition coefficient (Wildman–Crippen LogP) is 6.43. The van der Waals surface area contributed by atoms with Crippen LogP contribution in [0.2, 0.25) is 0 Å². The number of amides is 1. The fourth-order valence-corrected chi connectivity index (χ4v) is 6.55. The highest BCUT2D eigenvalue weighted by Crippen LogP contribution is 2.50. The lowest BCUT2D eigenvalue weighted by molar-refractivity contribution is -0.396. The van der Waals surface area contributed by atoms with Gasteiger partial charge >= 0.3 is 12.0 Å². The number of ether oxygens (including phenoxy) is 4. The molecule has 14 heteroatoms. The molecule has 3 aromatic carbocycles. The second kappa shape index (κ2) is 12.2. The highest BCUT2D eigenvalue weighted by atomic mass is 35.5. The number of carbonyl (C=O) groups excluding carboxylic acids is 2. The van der Waals surface area contributed by atoms with Crippen molar-refractivity contribution in [3.05, 3.63) is 81.3 Å². The number of H-pyrrole nitrogens is 1. The number of nitrogens with zero attached hydrogens (tertiary/aromatic N) is 3. The van der Waals surface area contributed by atoms with Crippen molar-refractivity contribution in [2.45, 2.75) is 24.9 Å². The Balaban J connectivity index is 1.35. The van der Waals surface area contributed by atoms with E-state index >= 15 is 0 Å². The molecule has 0 spiro atoms. The summed E-state index contributed by atoms with van der Waals surface area (Å²) in [7, 11) is 6.03. The molecule has 1 aliphatic rings. The fourth-order valence-electron chi connectivity index (χ4n) is 6.27. The van der Waals surface area contributed by atoms with Crippen molar-refractivity contribution in [2.24, 2.45) is 7.05 Å². The normalized spacial score (nSPS) is 15.5. The van der Waals surface area contributed by atoms with Crippen LogP contribution in [0.4, 0.5) is 16.4 Å². The monoisotopic (exact) mass is 647 g/mol. The number of alkyl halides is 1. The van der Waals surface area contributed by atoms with Crippen molar-refractivity contribution in [2.75, 3.05) is 32.5 Å². The molecular weight excluding hydrogens is 618 g/mol. The molecule has 0 aliphatic heterocycles. The van der Waals surface area contributed by atoms with Crippen LogP contribution in [0, 0.1) is 10.1 Å². The molecule has 0 radical (unpaired) electrons. The highest BCUT2D eigenvalue weighted by molar-refractivity contribution is 6.19. The van der Waals surface area contributed by atoms with Crippen LogP contribution in [0.25, 0.3) is 21.7 Å². The topological polar surface area (TPSA) is 160 Å². The maximum absolute atomic E-state index is 14.2. The fraction of sp³-hybridized carbons (Fsp3) is 0.281. The highest BCUT2D eigenvalue weighted by Gasteiger charge is 2.38. The molecule has 2 aromatic heterocycles. The number of nitrogens with one attached hydrogen (secondary N) is 2. The van der Waals surface area contributed by atoms with Gasteiger partial charge in [0.1, 0.15) is 6.20 Å². The molecule has 13 nitrogen and oxygen atoms in total. The van der Waals surface area contributed by atoms with E-state index in [1.165, 1.54) is 39.1 Å². The van der Waals surface area contributed by atoms with Gasteiger partial charge in [-0.1, -0.05) is 29.2 Å². The zero-order chi connectivity index (χ0) is 32.7. The van der Waals surface area contributed by atoms with Gasteiger partial charge in [0.25, 0.3) is 0 Å². The van der Waals surface area contributed by atoms with Crippen molar-refractivity contribution in [3.63, 3.8) is 0 Å². The number of aromatic nitrogens is 3. The van der Waals surface area contributed by atoms with Crippen LogP contribution < -0.4 is 19.5 Å². The molecule has 46 heavy (non-hydrogen) atoms. The number of nitro groups is 1. The molecular formula is C32H30ClN5O8. The summed E-state index contributed by atoms with van der Waals surface area (Å²) in [6.45, 7) is -0.235. The second-order valence-electron chi connectivity index (χ2n) is 10.8. The average molecular weight is 648 g/mol. The minimum atomic E-state index is -0.769. The number of hydrogen-bond donors (Lipinski definition) is 2. The van der Waals surface area contributed by atoms with Crippen LogP contribution in [-0.2, 0) is 18.4 Å². The third kappa shape index (κ3) is 5.11. The first-order valence-corrected chi connectivity index (χ1v) is 14.8. The van der Waals surface area contributed by atoms with Crippen molar-refractivity contribution in [1.29, 1.82) is 0 Å².